The predicted octanol–water partition coefficient (Wildman–Crippen LogP) is 2.54. The van der Waals surface area contributed by atoms with E-state index in [1.807, 2.05) is 30.3 Å². The fraction of sp³-hybridized carbons (Fsp3) is 0.312. The largest absolute Gasteiger partial charge is 0.493 e. The summed E-state index contributed by atoms with van der Waals surface area (Å²) in [5, 5.41) is 0. The number of H-pyrrole nitrogens is 1. The number of aromatic nitrogens is 1. The van der Waals surface area contributed by atoms with E-state index in [9.17, 15) is 4.79 Å². The number of nitrogens with one attached hydrogen (secondary N) is 1. The molecule has 0 aliphatic carbocycles. The van der Waals surface area contributed by atoms with E-state index >= 15 is 0 Å². The summed E-state index contributed by atoms with van der Waals surface area (Å²) >= 11 is 0. The van der Waals surface area contributed by atoms with Crippen molar-refractivity contribution in [2.24, 2.45) is 11.7 Å². The fourth-order valence-electron chi connectivity index (χ4n) is 1.83. The molecule has 0 unspecified atom stereocenters. The number of rotatable bonds is 5. The van der Waals surface area contributed by atoms with Gasteiger partial charge in [0.15, 0.2) is 0 Å². The second kappa shape index (κ2) is 6.39. The molecule has 2 aromatic rings. The number of hydrogen-bond acceptors (Lipinski definition) is 3. The first-order valence-corrected chi connectivity index (χ1v) is 6.75. The Bertz CT molecular complexity index is 615. The summed E-state index contributed by atoms with van der Waals surface area (Å²) in [6, 6.07) is 11.3. The molecule has 1 aromatic carbocycles. The summed E-state index contributed by atoms with van der Waals surface area (Å²) in [5.74, 6) is 1.33. The van der Waals surface area contributed by atoms with Crippen LogP contribution < -0.4 is 16.0 Å². The molecule has 0 atom stereocenters. The molecule has 0 fully saturated rings. The van der Waals surface area contributed by atoms with Gasteiger partial charge in [-0.2, -0.15) is 0 Å². The highest BCUT2D eigenvalue weighted by Gasteiger charge is 2.03. The normalized spacial score (nSPS) is 10.8. The molecule has 106 valence electrons. The Kier molecular flexibility index (Phi) is 4.58. The van der Waals surface area contributed by atoms with Crippen molar-refractivity contribution in [3.05, 3.63) is 52.3 Å². The van der Waals surface area contributed by atoms with Gasteiger partial charge in [0.2, 0.25) is 0 Å². The molecule has 4 nitrogen and oxygen atoms in total. The molecule has 20 heavy (non-hydrogen) atoms. The quantitative estimate of drug-likeness (QED) is 0.879. The molecule has 2 rings (SSSR count). The van der Waals surface area contributed by atoms with E-state index in [0.717, 1.165) is 17.0 Å². The first kappa shape index (κ1) is 14.3. The Labute approximate surface area is 118 Å². The van der Waals surface area contributed by atoms with Crippen LogP contribution in [0, 0.1) is 5.92 Å². The van der Waals surface area contributed by atoms with Crippen molar-refractivity contribution in [3.8, 4) is 17.0 Å². The number of aromatic amines is 1. The Morgan fingerprint density at radius 2 is 1.85 bits per heavy atom. The smallest absolute Gasteiger partial charge is 0.252 e. The van der Waals surface area contributed by atoms with Crippen molar-refractivity contribution in [1.82, 2.24) is 4.98 Å². The van der Waals surface area contributed by atoms with Crippen LogP contribution in [-0.2, 0) is 6.54 Å². The van der Waals surface area contributed by atoms with Crippen molar-refractivity contribution in [3.63, 3.8) is 0 Å². The lowest BCUT2D eigenvalue weighted by atomic mass is 10.1. The van der Waals surface area contributed by atoms with Crippen LogP contribution in [0.5, 0.6) is 5.75 Å². The van der Waals surface area contributed by atoms with Crippen molar-refractivity contribution in [1.29, 1.82) is 0 Å². The van der Waals surface area contributed by atoms with Gasteiger partial charge < -0.3 is 15.5 Å². The molecule has 0 aliphatic heterocycles. The van der Waals surface area contributed by atoms with Crippen LogP contribution in [0.25, 0.3) is 11.3 Å². The van der Waals surface area contributed by atoms with E-state index in [1.165, 1.54) is 0 Å². The number of nitrogens with two attached hydrogens (primary N) is 1. The lowest BCUT2D eigenvalue weighted by molar-refractivity contribution is 0.271. The monoisotopic (exact) mass is 272 g/mol. The van der Waals surface area contributed by atoms with Gasteiger partial charge in [-0.15, -0.1) is 0 Å². The molecule has 0 saturated carbocycles. The van der Waals surface area contributed by atoms with Crippen LogP contribution in [0.15, 0.2) is 41.2 Å². The van der Waals surface area contributed by atoms with Crippen molar-refractivity contribution >= 4 is 0 Å². The van der Waals surface area contributed by atoms with E-state index < -0.39 is 0 Å². The Balaban J connectivity index is 2.17. The Morgan fingerprint density at radius 1 is 1.15 bits per heavy atom. The zero-order chi connectivity index (χ0) is 14.5. The molecule has 1 aromatic heterocycles. The molecule has 1 heterocycles. The van der Waals surface area contributed by atoms with Gasteiger partial charge in [0.1, 0.15) is 5.75 Å². The molecular formula is C16H20N2O2. The highest BCUT2D eigenvalue weighted by atomic mass is 16.5. The zero-order valence-electron chi connectivity index (χ0n) is 11.8. The minimum atomic E-state index is -0.134. The SMILES string of the molecule is CC(C)COc1ccc(-c2ccc(CN)c(=O)[nH]2)cc1. The van der Waals surface area contributed by atoms with Crippen LogP contribution in [0.3, 0.4) is 0 Å². The van der Waals surface area contributed by atoms with E-state index in [4.69, 9.17) is 10.5 Å². The van der Waals surface area contributed by atoms with Gasteiger partial charge in [0.05, 0.1) is 6.61 Å². The number of hydrogen-bond donors (Lipinski definition) is 2. The Morgan fingerprint density at radius 3 is 2.40 bits per heavy atom. The van der Waals surface area contributed by atoms with Crippen LogP contribution in [-0.4, -0.2) is 11.6 Å². The first-order valence-electron chi connectivity index (χ1n) is 6.75. The van der Waals surface area contributed by atoms with Crippen LogP contribution in [0.2, 0.25) is 0 Å². The molecule has 0 saturated heterocycles. The lowest BCUT2D eigenvalue weighted by Gasteiger charge is -2.09. The van der Waals surface area contributed by atoms with Gasteiger partial charge in [0, 0.05) is 17.8 Å². The highest BCUT2D eigenvalue weighted by molar-refractivity contribution is 5.60. The van der Waals surface area contributed by atoms with E-state index in [1.54, 1.807) is 6.07 Å². The zero-order valence-corrected chi connectivity index (χ0v) is 11.8. The minimum Gasteiger partial charge on any atom is -0.493 e. The van der Waals surface area contributed by atoms with Crippen molar-refractivity contribution in [2.45, 2.75) is 20.4 Å². The van der Waals surface area contributed by atoms with Gasteiger partial charge in [-0.05, 0) is 41.8 Å². The molecule has 0 spiro atoms. The van der Waals surface area contributed by atoms with Crippen LogP contribution in [0.1, 0.15) is 19.4 Å². The van der Waals surface area contributed by atoms with E-state index in [-0.39, 0.29) is 12.1 Å². The second-order valence-corrected chi connectivity index (χ2v) is 5.16. The number of benzene rings is 1. The minimum absolute atomic E-state index is 0.134. The topological polar surface area (TPSA) is 68.1 Å². The van der Waals surface area contributed by atoms with E-state index in [0.29, 0.717) is 18.1 Å². The molecule has 0 radical (unpaired) electrons. The van der Waals surface area contributed by atoms with Crippen LogP contribution >= 0.6 is 0 Å². The van der Waals surface area contributed by atoms with Crippen molar-refractivity contribution < 1.29 is 4.74 Å². The van der Waals surface area contributed by atoms with Gasteiger partial charge in [-0.25, -0.2) is 0 Å². The Hall–Kier alpha value is -2.07. The summed E-state index contributed by atoms with van der Waals surface area (Å²) in [5.41, 5.74) is 7.66. The summed E-state index contributed by atoms with van der Waals surface area (Å²) in [7, 11) is 0. The molecule has 0 amide bonds. The number of pyridine rings is 1. The summed E-state index contributed by atoms with van der Waals surface area (Å²) < 4.78 is 5.63. The number of ether oxygens (including phenoxy) is 1. The average molecular weight is 272 g/mol. The maximum atomic E-state index is 11.7. The molecule has 0 aliphatic rings. The second-order valence-electron chi connectivity index (χ2n) is 5.16. The summed E-state index contributed by atoms with van der Waals surface area (Å²) in [6.07, 6.45) is 0. The van der Waals surface area contributed by atoms with Gasteiger partial charge in [-0.1, -0.05) is 19.9 Å². The summed E-state index contributed by atoms with van der Waals surface area (Å²) in [4.78, 5) is 14.6. The molecule has 4 heteroatoms. The molecular weight excluding hydrogens is 252 g/mol. The maximum absolute atomic E-state index is 11.7. The van der Waals surface area contributed by atoms with Gasteiger partial charge >= 0.3 is 0 Å². The highest BCUT2D eigenvalue weighted by Crippen LogP contribution is 2.20. The standard InChI is InChI=1S/C16H20N2O2/c1-11(2)10-20-14-6-3-12(4-7-14)15-8-5-13(9-17)16(19)18-15/h3-8,11H,9-10,17H2,1-2H3,(H,18,19). The maximum Gasteiger partial charge on any atom is 0.252 e. The predicted molar refractivity (Wildman–Crippen MR) is 80.7 cm³/mol. The third kappa shape index (κ3) is 3.48. The molecule has 3 N–H and O–H groups in total. The fourth-order valence-corrected chi connectivity index (χ4v) is 1.83. The molecule has 0 bridgehead atoms. The van der Waals surface area contributed by atoms with Crippen LogP contribution in [0.4, 0.5) is 0 Å². The van der Waals surface area contributed by atoms with Gasteiger partial charge in [-0.3, -0.25) is 4.79 Å². The van der Waals surface area contributed by atoms with Crippen molar-refractivity contribution in [2.75, 3.05) is 6.61 Å². The first-order chi connectivity index (χ1) is 9.60. The average Bonchev–Trinajstić information content (AvgIpc) is 2.45. The van der Waals surface area contributed by atoms with E-state index in [2.05, 4.69) is 18.8 Å². The third-order valence-corrected chi connectivity index (χ3v) is 2.96. The lowest BCUT2D eigenvalue weighted by Crippen LogP contribution is -2.15. The third-order valence-electron chi connectivity index (χ3n) is 2.96. The van der Waals surface area contributed by atoms with Gasteiger partial charge in [0.25, 0.3) is 5.56 Å². The summed E-state index contributed by atoms with van der Waals surface area (Å²) in [6.45, 7) is 5.16.